The summed E-state index contributed by atoms with van der Waals surface area (Å²) in [5.74, 6) is 4.81. The Bertz CT molecular complexity index is 195. The van der Waals surface area contributed by atoms with Crippen LogP contribution in [-0.2, 0) is 0 Å². The average Bonchev–Trinajstić information content (AvgIpc) is 1.85. The second-order valence-electron chi connectivity index (χ2n) is 1.47. The van der Waals surface area contributed by atoms with E-state index in [1.807, 2.05) is 0 Å². The Morgan fingerprint density at radius 1 is 1.50 bits per heavy atom. The minimum absolute atomic E-state index is 0.0156. The van der Waals surface area contributed by atoms with Crippen LogP contribution in [0.3, 0.4) is 0 Å². The standard InChI is InChI=1S/C5H7Cl2N3/c1-3(6)2-4(8)5(7)10-9/h2H,1,8-9H2/b4-2+,10-5+. The van der Waals surface area contributed by atoms with E-state index in [-0.39, 0.29) is 15.9 Å². The Kier molecular flexibility index (Phi) is 3.91. The van der Waals surface area contributed by atoms with E-state index in [0.717, 1.165) is 0 Å². The lowest BCUT2D eigenvalue weighted by atomic mass is 10.4. The maximum atomic E-state index is 5.39. The van der Waals surface area contributed by atoms with Crippen molar-refractivity contribution >= 4 is 28.4 Å². The highest BCUT2D eigenvalue weighted by Gasteiger charge is 1.96. The summed E-state index contributed by atoms with van der Waals surface area (Å²) in [4.78, 5) is 0. The minimum atomic E-state index is 0.0156. The zero-order valence-corrected chi connectivity index (χ0v) is 6.65. The van der Waals surface area contributed by atoms with Crippen molar-refractivity contribution in [3.05, 3.63) is 23.4 Å². The smallest absolute Gasteiger partial charge is 0.171 e. The van der Waals surface area contributed by atoms with Crippen LogP contribution in [0.25, 0.3) is 0 Å². The Labute approximate surface area is 69.0 Å². The van der Waals surface area contributed by atoms with Crippen molar-refractivity contribution in [3.63, 3.8) is 0 Å². The molecule has 0 atom stereocenters. The van der Waals surface area contributed by atoms with Gasteiger partial charge in [0.05, 0.1) is 5.70 Å². The molecule has 0 aromatic rings. The van der Waals surface area contributed by atoms with Gasteiger partial charge in [-0.1, -0.05) is 29.8 Å². The summed E-state index contributed by atoms with van der Waals surface area (Å²) in [6.07, 6.45) is 1.36. The molecule has 4 N–H and O–H groups in total. The van der Waals surface area contributed by atoms with Gasteiger partial charge in [0.15, 0.2) is 5.17 Å². The lowest BCUT2D eigenvalue weighted by Gasteiger charge is -1.93. The van der Waals surface area contributed by atoms with E-state index in [1.165, 1.54) is 6.08 Å². The van der Waals surface area contributed by atoms with Crippen LogP contribution in [0.1, 0.15) is 0 Å². The maximum Gasteiger partial charge on any atom is 0.171 e. The lowest BCUT2D eigenvalue weighted by Crippen LogP contribution is -2.07. The Balaban J connectivity index is 4.35. The molecule has 56 valence electrons. The number of hydrogen-bond acceptors (Lipinski definition) is 3. The monoisotopic (exact) mass is 179 g/mol. The minimum Gasteiger partial charge on any atom is -0.396 e. The van der Waals surface area contributed by atoms with Gasteiger partial charge in [0, 0.05) is 5.03 Å². The third-order valence-corrected chi connectivity index (χ3v) is 1.09. The average molecular weight is 180 g/mol. The van der Waals surface area contributed by atoms with Crippen molar-refractivity contribution in [3.8, 4) is 0 Å². The predicted octanol–water partition coefficient (Wildman–Crippen LogP) is 1.09. The highest BCUT2D eigenvalue weighted by Crippen LogP contribution is 2.03. The second-order valence-corrected chi connectivity index (χ2v) is 2.31. The first kappa shape index (κ1) is 9.33. The Morgan fingerprint density at radius 2 is 2.00 bits per heavy atom. The van der Waals surface area contributed by atoms with Crippen LogP contribution in [0.15, 0.2) is 28.5 Å². The summed E-state index contributed by atoms with van der Waals surface area (Å²) >= 11 is 10.8. The van der Waals surface area contributed by atoms with Crippen LogP contribution in [0.2, 0.25) is 0 Å². The molecular formula is C5H7Cl2N3. The van der Waals surface area contributed by atoms with E-state index in [9.17, 15) is 0 Å². The van der Waals surface area contributed by atoms with Gasteiger partial charge in [-0.2, -0.15) is 5.10 Å². The van der Waals surface area contributed by atoms with Gasteiger partial charge in [-0.3, -0.25) is 0 Å². The normalized spacial score (nSPS) is 13.4. The molecule has 0 saturated heterocycles. The van der Waals surface area contributed by atoms with Gasteiger partial charge in [-0.25, -0.2) is 0 Å². The Hall–Kier alpha value is -0.670. The number of nitrogens with zero attached hydrogens (tertiary/aromatic N) is 1. The lowest BCUT2D eigenvalue weighted by molar-refractivity contribution is 1.25. The number of rotatable bonds is 2. The molecule has 0 aliphatic carbocycles. The van der Waals surface area contributed by atoms with E-state index in [2.05, 4.69) is 11.7 Å². The fraction of sp³-hybridized carbons (Fsp3) is 0. The van der Waals surface area contributed by atoms with E-state index in [0.29, 0.717) is 0 Å². The number of allylic oxidation sites excluding steroid dienone is 3. The van der Waals surface area contributed by atoms with Gasteiger partial charge >= 0.3 is 0 Å². The van der Waals surface area contributed by atoms with Gasteiger partial charge < -0.3 is 11.6 Å². The summed E-state index contributed by atoms with van der Waals surface area (Å²) in [5, 5.41) is 3.42. The number of halogens is 2. The molecule has 0 bridgehead atoms. The van der Waals surface area contributed by atoms with Gasteiger partial charge in [0.1, 0.15) is 0 Å². The fourth-order valence-corrected chi connectivity index (χ4v) is 0.475. The molecule has 3 nitrogen and oxygen atoms in total. The molecular weight excluding hydrogens is 173 g/mol. The third kappa shape index (κ3) is 3.37. The van der Waals surface area contributed by atoms with Gasteiger partial charge in [-0.15, -0.1) is 0 Å². The van der Waals surface area contributed by atoms with E-state index in [4.69, 9.17) is 34.8 Å². The quantitative estimate of drug-likeness (QED) is 0.289. The van der Waals surface area contributed by atoms with Crippen LogP contribution in [0.4, 0.5) is 0 Å². The first-order valence-electron chi connectivity index (χ1n) is 2.33. The predicted molar refractivity (Wildman–Crippen MR) is 44.7 cm³/mol. The molecule has 0 aromatic heterocycles. The highest BCUT2D eigenvalue weighted by molar-refractivity contribution is 6.69. The summed E-state index contributed by atoms with van der Waals surface area (Å²) < 4.78 is 0. The van der Waals surface area contributed by atoms with Crippen molar-refractivity contribution in [2.24, 2.45) is 16.7 Å². The largest absolute Gasteiger partial charge is 0.396 e. The van der Waals surface area contributed by atoms with Crippen molar-refractivity contribution in [1.82, 2.24) is 0 Å². The van der Waals surface area contributed by atoms with Crippen molar-refractivity contribution in [1.29, 1.82) is 0 Å². The summed E-state index contributed by atoms with van der Waals surface area (Å²) in [7, 11) is 0. The Morgan fingerprint density at radius 3 is 2.30 bits per heavy atom. The molecule has 0 aromatic carbocycles. The van der Waals surface area contributed by atoms with Crippen LogP contribution >= 0.6 is 23.2 Å². The first-order chi connectivity index (χ1) is 4.57. The second kappa shape index (κ2) is 4.19. The molecule has 0 rings (SSSR count). The van der Waals surface area contributed by atoms with Crippen LogP contribution in [-0.4, -0.2) is 5.17 Å². The van der Waals surface area contributed by atoms with Crippen molar-refractivity contribution in [2.75, 3.05) is 0 Å². The molecule has 0 aliphatic heterocycles. The van der Waals surface area contributed by atoms with E-state index < -0.39 is 0 Å². The van der Waals surface area contributed by atoms with Crippen LogP contribution in [0, 0.1) is 0 Å². The zero-order valence-electron chi connectivity index (χ0n) is 5.14. The SMILES string of the molecule is C=C(Cl)/C=C(N)\C(Cl)=N/N. The molecule has 0 saturated carbocycles. The molecule has 10 heavy (non-hydrogen) atoms. The van der Waals surface area contributed by atoms with E-state index >= 15 is 0 Å². The van der Waals surface area contributed by atoms with Gasteiger partial charge in [-0.05, 0) is 6.08 Å². The molecule has 0 unspecified atom stereocenters. The molecule has 0 radical (unpaired) electrons. The highest BCUT2D eigenvalue weighted by atomic mass is 35.5. The van der Waals surface area contributed by atoms with Gasteiger partial charge in [0.2, 0.25) is 0 Å². The zero-order chi connectivity index (χ0) is 8.15. The van der Waals surface area contributed by atoms with Crippen molar-refractivity contribution in [2.45, 2.75) is 0 Å². The summed E-state index contributed by atoms with van der Waals surface area (Å²) in [6.45, 7) is 3.37. The van der Waals surface area contributed by atoms with Gasteiger partial charge in [0.25, 0.3) is 0 Å². The maximum absolute atomic E-state index is 5.39. The summed E-state index contributed by atoms with van der Waals surface area (Å²) in [5.41, 5.74) is 5.50. The molecule has 0 aliphatic rings. The first-order valence-corrected chi connectivity index (χ1v) is 3.09. The number of hydrogen-bond donors (Lipinski definition) is 2. The summed E-state index contributed by atoms with van der Waals surface area (Å²) in [6, 6.07) is 0. The molecule has 0 spiro atoms. The van der Waals surface area contributed by atoms with Crippen LogP contribution < -0.4 is 11.6 Å². The molecule has 0 heterocycles. The number of hydrazone groups is 1. The molecule has 0 fully saturated rings. The topological polar surface area (TPSA) is 64.4 Å². The van der Waals surface area contributed by atoms with Crippen LogP contribution in [0.5, 0.6) is 0 Å². The molecule has 0 amide bonds. The third-order valence-electron chi connectivity index (χ3n) is 0.664. The van der Waals surface area contributed by atoms with Crippen molar-refractivity contribution < 1.29 is 0 Å². The molecule has 5 heteroatoms. The van der Waals surface area contributed by atoms with E-state index in [1.54, 1.807) is 0 Å². The fourth-order valence-electron chi connectivity index (χ4n) is 0.303. The number of nitrogens with two attached hydrogens (primary N) is 2.